The zero-order valence-electron chi connectivity index (χ0n) is 14.7. The van der Waals surface area contributed by atoms with E-state index in [0.29, 0.717) is 10.9 Å². The Morgan fingerprint density at radius 3 is 2.37 bits per heavy atom. The first kappa shape index (κ1) is 18.3. The zero-order chi connectivity index (χ0) is 19.7. The van der Waals surface area contributed by atoms with Crippen molar-refractivity contribution in [2.45, 2.75) is 13.0 Å². The number of benzene rings is 2. The fourth-order valence-electron chi connectivity index (χ4n) is 2.95. The number of amides is 1. The minimum Gasteiger partial charge on any atom is -0.480 e. The van der Waals surface area contributed by atoms with Crippen LogP contribution in [0, 0.1) is 5.82 Å². The monoisotopic (exact) mass is 368 g/mol. The highest BCUT2D eigenvalue weighted by molar-refractivity contribution is 6.15. The van der Waals surface area contributed by atoms with Gasteiger partial charge in [-0.05, 0) is 37.3 Å². The average Bonchev–Trinajstić information content (AvgIpc) is 2.66. The summed E-state index contributed by atoms with van der Waals surface area (Å²) < 4.78 is 14.7. The minimum absolute atomic E-state index is 0.0890. The van der Waals surface area contributed by atoms with E-state index >= 15 is 0 Å². The van der Waals surface area contributed by atoms with Gasteiger partial charge in [0.15, 0.2) is 0 Å². The van der Waals surface area contributed by atoms with Crippen LogP contribution in [0.2, 0.25) is 0 Å². The Balaban J connectivity index is 2.22. The number of aliphatic carboxylic acids is 1. The van der Waals surface area contributed by atoms with Crippen molar-refractivity contribution < 1.29 is 19.1 Å². The van der Waals surface area contributed by atoms with Gasteiger partial charge in [0.2, 0.25) is 0 Å². The van der Waals surface area contributed by atoms with E-state index in [-0.39, 0.29) is 16.8 Å². The summed E-state index contributed by atoms with van der Waals surface area (Å²) in [6, 6.07) is 11.8. The second-order valence-corrected chi connectivity index (χ2v) is 6.14. The molecular weight excluding hydrogens is 351 g/mol. The molecular formula is C20H17FN2O4. The van der Waals surface area contributed by atoms with E-state index in [1.165, 1.54) is 29.7 Å². The molecule has 27 heavy (non-hydrogen) atoms. The number of aromatic nitrogens is 1. The summed E-state index contributed by atoms with van der Waals surface area (Å²) in [6.07, 6.45) is 0. The first-order valence-corrected chi connectivity index (χ1v) is 8.22. The topological polar surface area (TPSA) is 79.6 Å². The van der Waals surface area contributed by atoms with Crippen molar-refractivity contribution in [1.29, 1.82) is 0 Å². The molecule has 3 rings (SSSR count). The fourth-order valence-corrected chi connectivity index (χ4v) is 2.95. The highest BCUT2D eigenvalue weighted by atomic mass is 19.1. The highest BCUT2D eigenvalue weighted by Crippen LogP contribution is 2.24. The maximum Gasteiger partial charge on any atom is 0.326 e. The number of halogens is 1. The summed E-state index contributed by atoms with van der Waals surface area (Å²) in [6.45, 7) is 1.35. The molecule has 2 aromatic carbocycles. The molecule has 1 unspecified atom stereocenters. The molecule has 0 saturated carbocycles. The number of carbonyl (C=O) groups excluding carboxylic acids is 1. The Morgan fingerprint density at radius 1 is 1.11 bits per heavy atom. The molecule has 6 nitrogen and oxygen atoms in total. The molecule has 0 bridgehead atoms. The maximum absolute atomic E-state index is 13.3. The lowest BCUT2D eigenvalue weighted by molar-refractivity contribution is -0.138. The lowest BCUT2D eigenvalue weighted by Crippen LogP contribution is -2.44. The number of pyridine rings is 1. The van der Waals surface area contributed by atoms with Gasteiger partial charge in [0.25, 0.3) is 11.5 Å². The van der Waals surface area contributed by atoms with Crippen molar-refractivity contribution >= 4 is 28.5 Å². The van der Waals surface area contributed by atoms with Crippen LogP contribution in [0.15, 0.2) is 59.4 Å². The summed E-state index contributed by atoms with van der Waals surface area (Å²) in [4.78, 5) is 38.2. The number of carboxylic acid groups (broad SMARTS) is 1. The Labute approximate surface area is 154 Å². The number of hydrogen-bond acceptors (Lipinski definition) is 3. The fraction of sp³-hybridized carbons (Fsp3) is 0.150. The third-order valence-electron chi connectivity index (χ3n) is 4.45. The van der Waals surface area contributed by atoms with E-state index in [1.807, 2.05) is 0 Å². The van der Waals surface area contributed by atoms with Gasteiger partial charge in [-0.3, -0.25) is 14.5 Å². The maximum atomic E-state index is 13.3. The first-order chi connectivity index (χ1) is 12.8. The number of anilines is 1. The predicted octanol–water partition coefficient (Wildman–Crippen LogP) is 2.80. The largest absolute Gasteiger partial charge is 0.480 e. The van der Waals surface area contributed by atoms with Gasteiger partial charge in [-0.2, -0.15) is 0 Å². The van der Waals surface area contributed by atoms with Crippen LogP contribution in [-0.4, -0.2) is 27.6 Å². The summed E-state index contributed by atoms with van der Waals surface area (Å²) in [5.41, 5.74) is 0.474. The van der Waals surface area contributed by atoms with E-state index in [9.17, 15) is 23.9 Å². The smallest absolute Gasteiger partial charge is 0.326 e. The molecule has 0 saturated heterocycles. The quantitative estimate of drug-likeness (QED) is 0.768. The average molecular weight is 368 g/mol. The Kier molecular flexibility index (Phi) is 4.77. The number of para-hydroxylation sites is 1. The van der Waals surface area contributed by atoms with Gasteiger partial charge >= 0.3 is 5.97 Å². The number of rotatable bonds is 4. The third-order valence-corrected chi connectivity index (χ3v) is 4.45. The van der Waals surface area contributed by atoms with Crippen molar-refractivity contribution in [3.05, 3.63) is 76.3 Å². The van der Waals surface area contributed by atoms with E-state index in [2.05, 4.69) is 0 Å². The molecule has 7 heteroatoms. The highest BCUT2D eigenvalue weighted by Gasteiger charge is 2.29. The van der Waals surface area contributed by atoms with Gasteiger partial charge in [0, 0.05) is 24.2 Å². The van der Waals surface area contributed by atoms with E-state index in [4.69, 9.17) is 0 Å². The molecule has 0 aliphatic carbocycles. The summed E-state index contributed by atoms with van der Waals surface area (Å²) in [5.74, 6) is -2.38. The molecule has 1 atom stereocenters. The SMILES string of the molecule is CC(C(=O)O)N(C(=O)c1cc(=O)n(C)c2ccccc12)c1ccc(F)cc1. The summed E-state index contributed by atoms with van der Waals surface area (Å²) in [5, 5.41) is 9.96. The molecule has 138 valence electrons. The molecule has 0 fully saturated rings. The molecule has 1 amide bonds. The van der Waals surface area contributed by atoms with Crippen LogP contribution < -0.4 is 10.5 Å². The van der Waals surface area contributed by atoms with Crippen LogP contribution in [0.5, 0.6) is 0 Å². The first-order valence-electron chi connectivity index (χ1n) is 8.22. The van der Waals surface area contributed by atoms with Crippen LogP contribution in [0.4, 0.5) is 10.1 Å². The van der Waals surface area contributed by atoms with Crippen LogP contribution >= 0.6 is 0 Å². The number of carboxylic acids is 1. The number of hydrogen-bond donors (Lipinski definition) is 1. The Hall–Kier alpha value is -3.48. The third kappa shape index (κ3) is 3.31. The van der Waals surface area contributed by atoms with Gasteiger partial charge in [0.1, 0.15) is 11.9 Å². The van der Waals surface area contributed by atoms with Crippen LogP contribution in [0.3, 0.4) is 0 Å². The van der Waals surface area contributed by atoms with Gasteiger partial charge in [0.05, 0.1) is 11.1 Å². The predicted molar refractivity (Wildman–Crippen MR) is 99.5 cm³/mol. The molecule has 1 N–H and O–H groups in total. The van der Waals surface area contributed by atoms with Crippen molar-refractivity contribution in [3.63, 3.8) is 0 Å². The van der Waals surface area contributed by atoms with Crippen molar-refractivity contribution in [1.82, 2.24) is 4.57 Å². The minimum atomic E-state index is -1.22. The number of nitrogens with zero attached hydrogens (tertiary/aromatic N) is 2. The molecule has 0 aliphatic rings. The van der Waals surface area contributed by atoms with Crippen LogP contribution in [0.25, 0.3) is 10.9 Å². The van der Waals surface area contributed by atoms with Crippen molar-refractivity contribution in [2.24, 2.45) is 7.05 Å². The molecule has 0 spiro atoms. The van der Waals surface area contributed by atoms with Gasteiger partial charge in [-0.15, -0.1) is 0 Å². The van der Waals surface area contributed by atoms with Crippen molar-refractivity contribution in [3.8, 4) is 0 Å². The molecule has 3 aromatic rings. The number of carbonyl (C=O) groups is 2. The Bertz CT molecular complexity index is 1090. The van der Waals surface area contributed by atoms with Gasteiger partial charge in [-0.25, -0.2) is 9.18 Å². The lowest BCUT2D eigenvalue weighted by Gasteiger charge is -2.27. The second-order valence-electron chi connectivity index (χ2n) is 6.14. The lowest BCUT2D eigenvalue weighted by atomic mass is 10.1. The van der Waals surface area contributed by atoms with Crippen LogP contribution in [0.1, 0.15) is 17.3 Å². The normalized spacial score (nSPS) is 12.0. The van der Waals surface area contributed by atoms with Gasteiger partial charge in [-0.1, -0.05) is 18.2 Å². The van der Waals surface area contributed by atoms with E-state index < -0.39 is 23.7 Å². The van der Waals surface area contributed by atoms with Crippen molar-refractivity contribution in [2.75, 3.05) is 4.90 Å². The molecule has 0 aliphatic heterocycles. The van der Waals surface area contributed by atoms with Gasteiger partial charge < -0.3 is 9.67 Å². The zero-order valence-corrected chi connectivity index (χ0v) is 14.7. The molecule has 1 heterocycles. The van der Waals surface area contributed by atoms with E-state index in [0.717, 1.165) is 17.0 Å². The molecule has 1 aromatic heterocycles. The number of aryl methyl sites for hydroxylation is 1. The van der Waals surface area contributed by atoms with E-state index in [1.54, 1.807) is 31.3 Å². The summed E-state index contributed by atoms with van der Waals surface area (Å²) in [7, 11) is 1.59. The second kappa shape index (κ2) is 7.03. The van der Waals surface area contributed by atoms with Crippen LogP contribution in [-0.2, 0) is 11.8 Å². The number of fused-ring (bicyclic) bond motifs is 1. The Morgan fingerprint density at radius 2 is 1.74 bits per heavy atom. The summed E-state index contributed by atoms with van der Waals surface area (Å²) >= 11 is 0. The standard InChI is InChI=1S/C20H17FN2O4/c1-12(20(26)27)23(14-9-7-13(21)8-10-14)19(25)16-11-18(24)22(2)17-6-4-3-5-15(16)17/h3-12H,1-2H3,(H,26,27). The molecule has 0 radical (unpaired) electrons.